The highest BCUT2D eigenvalue weighted by molar-refractivity contribution is 5.93. The van der Waals surface area contributed by atoms with Crippen LogP contribution < -0.4 is 11.3 Å². The summed E-state index contributed by atoms with van der Waals surface area (Å²) in [5, 5.41) is 0. The van der Waals surface area contributed by atoms with Gasteiger partial charge in [-0.25, -0.2) is 5.84 Å². The van der Waals surface area contributed by atoms with E-state index in [1.54, 1.807) is 12.3 Å². The van der Waals surface area contributed by atoms with Gasteiger partial charge in [0.05, 0.1) is 11.3 Å². The Labute approximate surface area is 101 Å². The number of hydrogen-bond acceptors (Lipinski definition) is 4. The second-order valence-electron chi connectivity index (χ2n) is 4.47. The molecule has 5 heteroatoms. The molecule has 0 aromatic carbocycles. The number of aromatic nitrogens is 1. The standard InChI is InChI=1S/C12H18N4O/c1-9-3-2-6-16(9)8-11-5-4-10(7-14-11)12(17)15-13/h4-5,7,9H,2-3,6,8,13H2,1H3,(H,15,17). The quantitative estimate of drug-likeness (QED) is 0.458. The van der Waals surface area contributed by atoms with Gasteiger partial charge >= 0.3 is 0 Å². The number of likely N-dealkylation sites (tertiary alicyclic amines) is 1. The van der Waals surface area contributed by atoms with E-state index >= 15 is 0 Å². The number of nitrogens with one attached hydrogen (secondary N) is 1. The molecule has 1 amide bonds. The topological polar surface area (TPSA) is 71.2 Å². The zero-order valence-electron chi connectivity index (χ0n) is 10.0. The lowest BCUT2D eigenvalue weighted by atomic mass is 10.2. The van der Waals surface area contributed by atoms with Gasteiger partial charge in [0.15, 0.2) is 0 Å². The molecule has 5 nitrogen and oxygen atoms in total. The molecule has 1 fully saturated rings. The summed E-state index contributed by atoms with van der Waals surface area (Å²) < 4.78 is 0. The molecule has 1 saturated heterocycles. The first kappa shape index (κ1) is 12.0. The highest BCUT2D eigenvalue weighted by atomic mass is 16.2. The molecule has 1 aliphatic rings. The molecule has 1 atom stereocenters. The number of carbonyl (C=O) groups is 1. The molecule has 2 heterocycles. The largest absolute Gasteiger partial charge is 0.295 e. The van der Waals surface area contributed by atoms with Crippen molar-refractivity contribution in [2.24, 2.45) is 5.84 Å². The number of rotatable bonds is 3. The third-order valence-electron chi connectivity index (χ3n) is 3.27. The van der Waals surface area contributed by atoms with Crippen LogP contribution in [0.1, 0.15) is 35.8 Å². The van der Waals surface area contributed by atoms with Crippen LogP contribution in [-0.4, -0.2) is 28.4 Å². The van der Waals surface area contributed by atoms with E-state index in [-0.39, 0.29) is 5.91 Å². The van der Waals surface area contributed by atoms with E-state index in [9.17, 15) is 4.79 Å². The van der Waals surface area contributed by atoms with E-state index in [1.165, 1.54) is 12.8 Å². The van der Waals surface area contributed by atoms with Crippen molar-refractivity contribution >= 4 is 5.91 Å². The maximum Gasteiger partial charge on any atom is 0.266 e. The second-order valence-corrected chi connectivity index (χ2v) is 4.47. The number of nitrogens with two attached hydrogens (primary N) is 1. The molecule has 92 valence electrons. The van der Waals surface area contributed by atoms with E-state index in [1.807, 2.05) is 6.07 Å². The monoisotopic (exact) mass is 234 g/mol. The van der Waals surface area contributed by atoms with Crippen molar-refractivity contribution in [2.45, 2.75) is 32.4 Å². The van der Waals surface area contributed by atoms with E-state index in [0.717, 1.165) is 18.8 Å². The zero-order chi connectivity index (χ0) is 12.3. The minimum absolute atomic E-state index is 0.307. The number of carbonyl (C=O) groups excluding carboxylic acids is 1. The van der Waals surface area contributed by atoms with E-state index in [0.29, 0.717) is 11.6 Å². The molecule has 2 rings (SSSR count). The Kier molecular flexibility index (Phi) is 3.71. The zero-order valence-corrected chi connectivity index (χ0v) is 10.0. The van der Waals surface area contributed by atoms with E-state index in [4.69, 9.17) is 5.84 Å². The first-order valence-electron chi connectivity index (χ1n) is 5.90. The van der Waals surface area contributed by atoms with Crippen molar-refractivity contribution < 1.29 is 4.79 Å². The summed E-state index contributed by atoms with van der Waals surface area (Å²) in [5.41, 5.74) is 3.58. The highest BCUT2D eigenvalue weighted by Gasteiger charge is 2.20. The summed E-state index contributed by atoms with van der Waals surface area (Å²) in [5.74, 6) is 4.75. The van der Waals surface area contributed by atoms with Gasteiger partial charge in [0.25, 0.3) is 5.91 Å². The number of hydrazine groups is 1. The number of amides is 1. The number of pyridine rings is 1. The molecule has 0 saturated carbocycles. The Balaban J connectivity index is 2.00. The molecule has 1 aliphatic heterocycles. The van der Waals surface area contributed by atoms with Crippen LogP contribution in [0, 0.1) is 0 Å². The molecular formula is C12H18N4O. The first-order chi connectivity index (χ1) is 8.20. The summed E-state index contributed by atoms with van der Waals surface area (Å²) in [4.78, 5) is 17.9. The Bertz CT molecular complexity index is 390. The molecule has 0 radical (unpaired) electrons. The lowest BCUT2D eigenvalue weighted by molar-refractivity contribution is 0.0953. The van der Waals surface area contributed by atoms with Crippen molar-refractivity contribution in [1.29, 1.82) is 0 Å². The van der Waals surface area contributed by atoms with Crippen molar-refractivity contribution in [3.05, 3.63) is 29.6 Å². The molecule has 1 aromatic heterocycles. The van der Waals surface area contributed by atoms with E-state index in [2.05, 4.69) is 22.2 Å². The lowest BCUT2D eigenvalue weighted by Crippen LogP contribution is -2.30. The SMILES string of the molecule is CC1CCCN1Cc1ccc(C(=O)NN)cn1. The maximum atomic E-state index is 11.2. The number of nitrogens with zero attached hydrogens (tertiary/aromatic N) is 2. The molecule has 0 spiro atoms. The van der Waals surface area contributed by atoms with Crippen LogP contribution >= 0.6 is 0 Å². The molecule has 1 unspecified atom stereocenters. The average molecular weight is 234 g/mol. The summed E-state index contributed by atoms with van der Waals surface area (Å²) in [6, 6.07) is 4.27. The average Bonchev–Trinajstić information content (AvgIpc) is 2.75. The van der Waals surface area contributed by atoms with Gasteiger partial charge in [-0.15, -0.1) is 0 Å². The Morgan fingerprint density at radius 1 is 1.65 bits per heavy atom. The summed E-state index contributed by atoms with van der Waals surface area (Å²) in [6.45, 7) is 4.23. The first-order valence-corrected chi connectivity index (χ1v) is 5.90. The number of hydrogen-bond donors (Lipinski definition) is 2. The van der Waals surface area contributed by atoms with Gasteiger partial charge in [0, 0.05) is 18.8 Å². The third-order valence-corrected chi connectivity index (χ3v) is 3.27. The molecule has 17 heavy (non-hydrogen) atoms. The molecule has 0 aliphatic carbocycles. The van der Waals surface area contributed by atoms with Crippen LogP contribution in [0.2, 0.25) is 0 Å². The summed E-state index contributed by atoms with van der Waals surface area (Å²) in [6.07, 6.45) is 4.08. The second kappa shape index (κ2) is 5.25. The normalized spacial score (nSPS) is 20.5. The Morgan fingerprint density at radius 3 is 3.00 bits per heavy atom. The van der Waals surface area contributed by atoms with Gasteiger partial charge in [-0.2, -0.15) is 0 Å². The minimum atomic E-state index is -0.307. The molecule has 3 N–H and O–H groups in total. The maximum absolute atomic E-state index is 11.2. The Morgan fingerprint density at radius 2 is 2.47 bits per heavy atom. The van der Waals surface area contributed by atoms with Crippen LogP contribution in [0.3, 0.4) is 0 Å². The van der Waals surface area contributed by atoms with Gasteiger partial charge in [0.2, 0.25) is 0 Å². The predicted octanol–water partition coefficient (Wildman–Crippen LogP) is 0.669. The number of nitrogen functional groups attached to an aromatic ring is 1. The minimum Gasteiger partial charge on any atom is -0.295 e. The van der Waals surface area contributed by atoms with Crippen LogP contribution in [0.4, 0.5) is 0 Å². The smallest absolute Gasteiger partial charge is 0.266 e. The van der Waals surface area contributed by atoms with Crippen LogP contribution in [-0.2, 0) is 6.54 Å². The predicted molar refractivity (Wildman–Crippen MR) is 65.0 cm³/mol. The fourth-order valence-electron chi connectivity index (χ4n) is 2.17. The van der Waals surface area contributed by atoms with Crippen LogP contribution in [0.25, 0.3) is 0 Å². The van der Waals surface area contributed by atoms with Crippen molar-refractivity contribution in [1.82, 2.24) is 15.3 Å². The summed E-state index contributed by atoms with van der Waals surface area (Å²) in [7, 11) is 0. The summed E-state index contributed by atoms with van der Waals surface area (Å²) >= 11 is 0. The van der Waals surface area contributed by atoms with Gasteiger partial charge in [0.1, 0.15) is 0 Å². The highest BCUT2D eigenvalue weighted by Crippen LogP contribution is 2.18. The van der Waals surface area contributed by atoms with Gasteiger partial charge < -0.3 is 0 Å². The molecule has 1 aromatic rings. The molecule has 0 bridgehead atoms. The fourth-order valence-corrected chi connectivity index (χ4v) is 2.17. The van der Waals surface area contributed by atoms with Gasteiger partial charge in [-0.05, 0) is 38.4 Å². The Hall–Kier alpha value is -1.46. The van der Waals surface area contributed by atoms with Gasteiger partial charge in [-0.3, -0.25) is 20.1 Å². The van der Waals surface area contributed by atoms with Crippen LogP contribution in [0.5, 0.6) is 0 Å². The van der Waals surface area contributed by atoms with E-state index < -0.39 is 0 Å². The van der Waals surface area contributed by atoms with Crippen LogP contribution in [0.15, 0.2) is 18.3 Å². The van der Waals surface area contributed by atoms with Gasteiger partial charge in [-0.1, -0.05) is 0 Å². The fraction of sp³-hybridized carbons (Fsp3) is 0.500. The molecular weight excluding hydrogens is 216 g/mol. The van der Waals surface area contributed by atoms with Crippen molar-refractivity contribution in [3.63, 3.8) is 0 Å². The van der Waals surface area contributed by atoms with Crippen molar-refractivity contribution in [2.75, 3.05) is 6.54 Å². The lowest BCUT2D eigenvalue weighted by Gasteiger charge is -2.20. The van der Waals surface area contributed by atoms with Crippen molar-refractivity contribution in [3.8, 4) is 0 Å². The third kappa shape index (κ3) is 2.81.